The van der Waals surface area contributed by atoms with Gasteiger partial charge in [0.05, 0.1) is 0 Å². The molecule has 1 aliphatic carbocycles. The van der Waals surface area contributed by atoms with Crippen LogP contribution in [-0.4, -0.2) is 5.78 Å². The normalized spacial score (nSPS) is 20.6. The van der Waals surface area contributed by atoms with Crippen molar-refractivity contribution in [1.82, 2.24) is 0 Å². The van der Waals surface area contributed by atoms with Crippen molar-refractivity contribution in [2.75, 3.05) is 0 Å². The molecule has 0 bridgehead atoms. The van der Waals surface area contributed by atoms with Gasteiger partial charge >= 0.3 is 0 Å². The van der Waals surface area contributed by atoms with Crippen molar-refractivity contribution in [2.24, 2.45) is 5.92 Å². The van der Waals surface area contributed by atoms with Crippen LogP contribution in [-0.2, 0) is 11.2 Å². The quantitative estimate of drug-likeness (QED) is 0.698. The predicted molar refractivity (Wildman–Crippen MR) is 62.0 cm³/mol. The molecular formula is C13H13ClO. The number of carbonyl (C=O) groups is 1. The number of hydrogen-bond acceptors (Lipinski definition) is 1. The highest BCUT2D eigenvalue weighted by molar-refractivity contribution is 6.31. The minimum atomic E-state index is 0.0265. The molecule has 1 aromatic carbocycles. The van der Waals surface area contributed by atoms with E-state index >= 15 is 0 Å². The average molecular weight is 221 g/mol. The number of rotatable bonds is 2. The molecule has 0 fully saturated rings. The maximum Gasteiger partial charge on any atom is 0.140 e. The number of Topliss-reactive ketones (excluding diaryl/α,β-unsaturated/α-hetero) is 1. The lowest BCUT2D eigenvalue weighted by molar-refractivity contribution is -0.121. The SMILES string of the molecule is O=C1CCC=C[C@@H]1Cc1ccccc1Cl. The van der Waals surface area contributed by atoms with Crippen LogP contribution in [0.2, 0.25) is 5.02 Å². The fourth-order valence-electron chi connectivity index (χ4n) is 1.86. The Balaban J connectivity index is 2.15. The number of benzene rings is 1. The second-order valence-corrected chi connectivity index (χ2v) is 4.24. The Kier molecular flexibility index (Phi) is 3.22. The Hall–Kier alpha value is -1.08. The van der Waals surface area contributed by atoms with E-state index in [1.807, 2.05) is 30.3 Å². The van der Waals surface area contributed by atoms with Crippen molar-refractivity contribution in [3.8, 4) is 0 Å². The van der Waals surface area contributed by atoms with Crippen LogP contribution in [0.3, 0.4) is 0 Å². The minimum Gasteiger partial charge on any atom is -0.299 e. The van der Waals surface area contributed by atoms with Crippen molar-refractivity contribution < 1.29 is 4.79 Å². The van der Waals surface area contributed by atoms with Gasteiger partial charge in [0, 0.05) is 17.4 Å². The molecule has 0 amide bonds. The van der Waals surface area contributed by atoms with Crippen LogP contribution >= 0.6 is 11.6 Å². The van der Waals surface area contributed by atoms with Gasteiger partial charge in [-0.15, -0.1) is 0 Å². The number of carbonyl (C=O) groups excluding carboxylic acids is 1. The third-order valence-electron chi connectivity index (χ3n) is 2.74. The molecule has 1 nitrogen and oxygen atoms in total. The number of halogens is 1. The molecule has 0 saturated heterocycles. The van der Waals surface area contributed by atoms with E-state index in [0.717, 1.165) is 23.4 Å². The number of hydrogen-bond donors (Lipinski definition) is 0. The summed E-state index contributed by atoms with van der Waals surface area (Å²) in [5.74, 6) is 0.357. The monoisotopic (exact) mass is 220 g/mol. The Labute approximate surface area is 94.8 Å². The fraction of sp³-hybridized carbons (Fsp3) is 0.308. The first-order valence-electron chi connectivity index (χ1n) is 5.20. The van der Waals surface area contributed by atoms with Gasteiger partial charge < -0.3 is 0 Å². The van der Waals surface area contributed by atoms with Gasteiger partial charge in [0.15, 0.2) is 0 Å². The van der Waals surface area contributed by atoms with E-state index in [4.69, 9.17) is 11.6 Å². The van der Waals surface area contributed by atoms with Gasteiger partial charge in [-0.2, -0.15) is 0 Å². The molecule has 0 unspecified atom stereocenters. The van der Waals surface area contributed by atoms with Crippen LogP contribution in [0, 0.1) is 5.92 Å². The maximum absolute atomic E-state index is 11.6. The second kappa shape index (κ2) is 4.63. The lowest BCUT2D eigenvalue weighted by Crippen LogP contribution is -2.17. The first kappa shape index (κ1) is 10.4. The van der Waals surface area contributed by atoms with Gasteiger partial charge in [0.25, 0.3) is 0 Å². The molecule has 0 aliphatic heterocycles. The van der Waals surface area contributed by atoms with E-state index in [-0.39, 0.29) is 5.92 Å². The molecule has 78 valence electrons. The molecule has 15 heavy (non-hydrogen) atoms. The van der Waals surface area contributed by atoms with E-state index in [2.05, 4.69) is 6.08 Å². The Morgan fingerprint density at radius 1 is 1.33 bits per heavy atom. The van der Waals surface area contributed by atoms with Crippen molar-refractivity contribution >= 4 is 17.4 Å². The van der Waals surface area contributed by atoms with E-state index in [1.165, 1.54) is 0 Å². The highest BCUT2D eigenvalue weighted by atomic mass is 35.5. The summed E-state index contributed by atoms with van der Waals surface area (Å²) in [6.45, 7) is 0. The zero-order valence-corrected chi connectivity index (χ0v) is 9.20. The number of ketones is 1. The largest absolute Gasteiger partial charge is 0.299 e. The summed E-state index contributed by atoms with van der Waals surface area (Å²) in [6.07, 6.45) is 6.39. The third kappa shape index (κ3) is 2.48. The van der Waals surface area contributed by atoms with Crippen LogP contribution in [0.15, 0.2) is 36.4 Å². The molecule has 0 spiro atoms. The van der Waals surface area contributed by atoms with Gasteiger partial charge in [-0.3, -0.25) is 4.79 Å². The summed E-state index contributed by atoms with van der Waals surface area (Å²) in [4.78, 5) is 11.6. The minimum absolute atomic E-state index is 0.0265. The molecule has 0 saturated carbocycles. The Morgan fingerprint density at radius 3 is 2.87 bits per heavy atom. The Morgan fingerprint density at radius 2 is 2.13 bits per heavy atom. The predicted octanol–water partition coefficient (Wildman–Crippen LogP) is 3.42. The highest BCUT2D eigenvalue weighted by Crippen LogP contribution is 2.23. The second-order valence-electron chi connectivity index (χ2n) is 3.84. The fourth-order valence-corrected chi connectivity index (χ4v) is 2.07. The average Bonchev–Trinajstić information content (AvgIpc) is 2.24. The molecular weight excluding hydrogens is 208 g/mol. The van der Waals surface area contributed by atoms with E-state index < -0.39 is 0 Å². The maximum atomic E-state index is 11.6. The number of allylic oxidation sites excluding steroid dienone is 2. The summed E-state index contributed by atoms with van der Waals surface area (Å²) >= 11 is 6.06. The topological polar surface area (TPSA) is 17.1 Å². The van der Waals surface area contributed by atoms with Gasteiger partial charge in [-0.25, -0.2) is 0 Å². The van der Waals surface area contributed by atoms with Crippen molar-refractivity contribution in [2.45, 2.75) is 19.3 Å². The van der Waals surface area contributed by atoms with Gasteiger partial charge in [0.1, 0.15) is 5.78 Å². The first-order chi connectivity index (χ1) is 7.27. The molecule has 1 atom stereocenters. The van der Waals surface area contributed by atoms with Gasteiger partial charge in [-0.1, -0.05) is 42.0 Å². The lowest BCUT2D eigenvalue weighted by Gasteiger charge is -2.15. The van der Waals surface area contributed by atoms with Crippen LogP contribution in [0.5, 0.6) is 0 Å². The highest BCUT2D eigenvalue weighted by Gasteiger charge is 2.18. The molecule has 1 aliphatic rings. The summed E-state index contributed by atoms with van der Waals surface area (Å²) in [5, 5.41) is 0.754. The van der Waals surface area contributed by atoms with Crippen LogP contribution in [0.1, 0.15) is 18.4 Å². The van der Waals surface area contributed by atoms with E-state index in [0.29, 0.717) is 12.2 Å². The summed E-state index contributed by atoms with van der Waals surface area (Å²) in [6, 6.07) is 7.72. The van der Waals surface area contributed by atoms with Crippen LogP contribution in [0.25, 0.3) is 0 Å². The van der Waals surface area contributed by atoms with Crippen LogP contribution < -0.4 is 0 Å². The molecule has 1 aromatic rings. The zero-order valence-electron chi connectivity index (χ0n) is 8.45. The molecule has 0 heterocycles. The summed E-state index contributed by atoms with van der Waals surface area (Å²) < 4.78 is 0. The van der Waals surface area contributed by atoms with Gasteiger partial charge in [-0.05, 0) is 24.5 Å². The van der Waals surface area contributed by atoms with Crippen LogP contribution in [0.4, 0.5) is 0 Å². The summed E-state index contributed by atoms with van der Waals surface area (Å²) in [7, 11) is 0. The zero-order chi connectivity index (χ0) is 10.7. The molecule has 0 N–H and O–H groups in total. The van der Waals surface area contributed by atoms with Crippen molar-refractivity contribution in [1.29, 1.82) is 0 Å². The molecule has 2 rings (SSSR count). The van der Waals surface area contributed by atoms with Gasteiger partial charge in [0.2, 0.25) is 0 Å². The standard InChI is InChI=1S/C13H13ClO/c14-12-7-3-1-5-10(12)9-11-6-2-4-8-13(11)15/h1-3,5-7,11H,4,8-9H2/t11-/m1/s1. The smallest absolute Gasteiger partial charge is 0.140 e. The molecule has 2 heteroatoms. The molecule has 0 aromatic heterocycles. The molecule has 0 radical (unpaired) electrons. The lowest BCUT2D eigenvalue weighted by atomic mass is 9.89. The Bertz CT molecular complexity index is 395. The van der Waals surface area contributed by atoms with Crippen molar-refractivity contribution in [3.63, 3.8) is 0 Å². The van der Waals surface area contributed by atoms with E-state index in [1.54, 1.807) is 0 Å². The third-order valence-corrected chi connectivity index (χ3v) is 3.11. The van der Waals surface area contributed by atoms with E-state index in [9.17, 15) is 4.79 Å². The van der Waals surface area contributed by atoms with Crippen molar-refractivity contribution in [3.05, 3.63) is 47.0 Å². The summed E-state index contributed by atoms with van der Waals surface area (Å²) in [5.41, 5.74) is 1.06. The first-order valence-corrected chi connectivity index (χ1v) is 5.58.